The number of ether oxygens (including phenoxy) is 2. The highest BCUT2D eigenvalue weighted by Crippen LogP contribution is 2.21. The fourth-order valence-electron chi connectivity index (χ4n) is 2.48. The van der Waals surface area contributed by atoms with Crippen LogP contribution in [0.1, 0.15) is 19.2 Å². The van der Waals surface area contributed by atoms with E-state index in [4.69, 9.17) is 14.0 Å². The van der Waals surface area contributed by atoms with Crippen LogP contribution in [0, 0.1) is 5.82 Å². The van der Waals surface area contributed by atoms with E-state index in [1.165, 1.54) is 24.3 Å². The highest BCUT2D eigenvalue weighted by atomic mass is 19.1. The van der Waals surface area contributed by atoms with E-state index in [1.807, 2.05) is 25.1 Å². The van der Waals surface area contributed by atoms with Gasteiger partial charge < -0.3 is 19.3 Å². The number of nitrogens with one attached hydrogen (secondary N) is 1. The minimum absolute atomic E-state index is 0.0685. The van der Waals surface area contributed by atoms with Gasteiger partial charge in [-0.05, 0) is 42.8 Å². The smallest absolute Gasteiger partial charge is 0.261 e. The van der Waals surface area contributed by atoms with Crippen LogP contribution < -0.4 is 14.8 Å². The molecule has 1 aromatic heterocycles. The van der Waals surface area contributed by atoms with Gasteiger partial charge >= 0.3 is 0 Å². The van der Waals surface area contributed by atoms with Crippen molar-refractivity contribution in [2.75, 3.05) is 7.11 Å². The van der Waals surface area contributed by atoms with Gasteiger partial charge in [-0.15, -0.1) is 0 Å². The van der Waals surface area contributed by atoms with Crippen molar-refractivity contribution in [2.45, 2.75) is 26.0 Å². The molecule has 1 amide bonds. The number of halogens is 1. The molecular formula is C20H20FN3O4. The van der Waals surface area contributed by atoms with Gasteiger partial charge in [0.1, 0.15) is 17.3 Å². The molecule has 0 radical (unpaired) electrons. The summed E-state index contributed by atoms with van der Waals surface area (Å²) in [4.78, 5) is 16.6. The van der Waals surface area contributed by atoms with Crippen LogP contribution in [0.5, 0.6) is 11.5 Å². The van der Waals surface area contributed by atoms with Crippen molar-refractivity contribution in [3.63, 3.8) is 0 Å². The summed E-state index contributed by atoms with van der Waals surface area (Å²) in [5.41, 5.74) is 0.742. The number of benzene rings is 2. The van der Waals surface area contributed by atoms with E-state index in [-0.39, 0.29) is 24.2 Å². The number of methoxy groups -OCH3 is 1. The molecule has 2 aromatic carbocycles. The second-order valence-electron chi connectivity index (χ2n) is 5.93. The lowest BCUT2D eigenvalue weighted by molar-refractivity contribution is -0.128. The molecule has 0 unspecified atom stereocenters. The number of hydrogen-bond acceptors (Lipinski definition) is 6. The zero-order valence-electron chi connectivity index (χ0n) is 15.5. The van der Waals surface area contributed by atoms with Gasteiger partial charge in [0, 0.05) is 5.56 Å². The van der Waals surface area contributed by atoms with Gasteiger partial charge in [-0.25, -0.2) is 4.39 Å². The van der Waals surface area contributed by atoms with E-state index < -0.39 is 6.10 Å². The van der Waals surface area contributed by atoms with E-state index >= 15 is 0 Å². The van der Waals surface area contributed by atoms with E-state index in [0.717, 1.165) is 5.56 Å². The van der Waals surface area contributed by atoms with Gasteiger partial charge in [0.05, 0.1) is 13.7 Å². The highest BCUT2D eigenvalue weighted by molar-refractivity contribution is 5.81. The summed E-state index contributed by atoms with van der Waals surface area (Å²) in [5.74, 6) is 1.07. The monoisotopic (exact) mass is 385 g/mol. The number of amides is 1. The van der Waals surface area contributed by atoms with E-state index in [0.29, 0.717) is 23.7 Å². The predicted molar refractivity (Wildman–Crippen MR) is 99.2 cm³/mol. The Bertz CT molecular complexity index is 927. The molecule has 0 aliphatic rings. The second kappa shape index (κ2) is 8.98. The summed E-state index contributed by atoms with van der Waals surface area (Å²) in [6, 6.07) is 12.8. The summed E-state index contributed by atoms with van der Waals surface area (Å²) in [6.07, 6.45) is -0.270. The molecule has 0 saturated heterocycles. The fraction of sp³-hybridized carbons (Fsp3) is 0.250. The maximum atomic E-state index is 13.0. The summed E-state index contributed by atoms with van der Waals surface area (Å²) in [5, 5.41) is 6.63. The first kappa shape index (κ1) is 19.3. The average Bonchev–Trinajstić information content (AvgIpc) is 3.21. The van der Waals surface area contributed by atoms with Crippen molar-refractivity contribution in [1.29, 1.82) is 0 Å². The van der Waals surface area contributed by atoms with Crippen LogP contribution in [0.25, 0.3) is 11.4 Å². The maximum Gasteiger partial charge on any atom is 0.261 e. The SMILES string of the molecule is CC[C@@H](Oc1ccc(F)cc1)C(=O)NCc1nc(-c2cccc(OC)c2)no1. The van der Waals surface area contributed by atoms with Crippen LogP contribution in [0.4, 0.5) is 4.39 Å². The highest BCUT2D eigenvalue weighted by Gasteiger charge is 2.19. The molecule has 8 heteroatoms. The molecule has 0 bridgehead atoms. The Morgan fingerprint density at radius 2 is 2.00 bits per heavy atom. The number of rotatable bonds is 8. The van der Waals surface area contributed by atoms with Crippen molar-refractivity contribution in [1.82, 2.24) is 15.5 Å². The molecule has 1 N–H and O–H groups in total. The first-order valence-corrected chi connectivity index (χ1v) is 8.76. The number of nitrogens with zero attached hydrogens (tertiary/aromatic N) is 2. The standard InChI is InChI=1S/C20H20FN3O4/c1-3-17(27-15-9-7-14(21)8-10-15)20(25)22-12-18-23-19(24-28-18)13-5-4-6-16(11-13)26-2/h4-11,17H,3,12H2,1-2H3,(H,22,25)/t17-/m1/s1. The average molecular weight is 385 g/mol. The number of aromatic nitrogens is 2. The molecule has 146 valence electrons. The second-order valence-corrected chi connectivity index (χ2v) is 5.93. The minimum atomic E-state index is -0.716. The third-order valence-electron chi connectivity index (χ3n) is 3.97. The van der Waals surface area contributed by atoms with E-state index in [9.17, 15) is 9.18 Å². The summed E-state index contributed by atoms with van der Waals surface area (Å²) in [7, 11) is 1.58. The largest absolute Gasteiger partial charge is 0.497 e. The Morgan fingerprint density at radius 3 is 2.71 bits per heavy atom. The molecule has 3 aromatic rings. The van der Waals surface area contributed by atoms with E-state index in [1.54, 1.807) is 13.2 Å². The topological polar surface area (TPSA) is 86.5 Å². The third-order valence-corrected chi connectivity index (χ3v) is 3.97. The molecule has 1 heterocycles. The summed E-state index contributed by atoms with van der Waals surface area (Å²) >= 11 is 0. The molecule has 0 aliphatic carbocycles. The van der Waals surface area contributed by atoms with Gasteiger partial charge in [-0.1, -0.05) is 24.2 Å². The van der Waals surface area contributed by atoms with Crippen molar-refractivity contribution >= 4 is 5.91 Å². The lowest BCUT2D eigenvalue weighted by atomic mass is 10.2. The van der Waals surface area contributed by atoms with Crippen molar-refractivity contribution < 1.29 is 23.2 Å². The molecule has 28 heavy (non-hydrogen) atoms. The zero-order valence-corrected chi connectivity index (χ0v) is 15.5. The van der Waals surface area contributed by atoms with Gasteiger partial charge in [0.15, 0.2) is 6.10 Å². The first-order valence-electron chi connectivity index (χ1n) is 8.76. The Morgan fingerprint density at radius 1 is 1.21 bits per heavy atom. The summed E-state index contributed by atoms with van der Waals surface area (Å²) < 4.78 is 29.0. The quantitative estimate of drug-likeness (QED) is 0.640. The molecule has 7 nitrogen and oxygen atoms in total. The van der Waals surface area contributed by atoms with E-state index in [2.05, 4.69) is 15.5 Å². The van der Waals surface area contributed by atoms with Crippen LogP contribution in [-0.2, 0) is 11.3 Å². The molecule has 0 saturated carbocycles. The van der Waals surface area contributed by atoms with Gasteiger partial charge in [-0.3, -0.25) is 4.79 Å². The maximum absolute atomic E-state index is 13.0. The molecule has 0 spiro atoms. The Hall–Kier alpha value is -3.42. The van der Waals surface area contributed by atoms with Gasteiger partial charge in [0.25, 0.3) is 5.91 Å². The predicted octanol–water partition coefficient (Wildman–Crippen LogP) is 3.36. The van der Waals surface area contributed by atoms with Crippen molar-refractivity contribution in [3.8, 4) is 22.9 Å². The van der Waals surface area contributed by atoms with Gasteiger partial charge in [0.2, 0.25) is 11.7 Å². The van der Waals surface area contributed by atoms with Crippen molar-refractivity contribution in [3.05, 3.63) is 60.2 Å². The molecule has 1 atom stereocenters. The third kappa shape index (κ3) is 4.85. The minimum Gasteiger partial charge on any atom is -0.497 e. The first-order chi connectivity index (χ1) is 13.6. The van der Waals surface area contributed by atoms with Gasteiger partial charge in [-0.2, -0.15) is 4.98 Å². The zero-order chi connectivity index (χ0) is 19.9. The number of carbonyl (C=O) groups excluding carboxylic acids is 1. The lowest BCUT2D eigenvalue weighted by Gasteiger charge is -2.16. The van der Waals surface area contributed by atoms with Crippen molar-refractivity contribution in [2.24, 2.45) is 0 Å². The number of hydrogen-bond donors (Lipinski definition) is 1. The molecule has 0 aliphatic heterocycles. The Labute approximate surface area is 161 Å². The Balaban J connectivity index is 1.59. The Kier molecular flexibility index (Phi) is 6.21. The lowest BCUT2D eigenvalue weighted by Crippen LogP contribution is -2.37. The van der Waals surface area contributed by atoms with Crippen LogP contribution in [0.2, 0.25) is 0 Å². The summed E-state index contributed by atoms with van der Waals surface area (Å²) in [6.45, 7) is 1.89. The van der Waals surface area contributed by atoms with Crippen LogP contribution in [-0.4, -0.2) is 29.3 Å². The fourth-order valence-corrected chi connectivity index (χ4v) is 2.48. The molecule has 3 rings (SSSR count). The van der Waals surface area contributed by atoms with Crippen LogP contribution >= 0.6 is 0 Å². The van der Waals surface area contributed by atoms with Crippen LogP contribution in [0.3, 0.4) is 0 Å². The van der Waals surface area contributed by atoms with Crippen LogP contribution in [0.15, 0.2) is 53.1 Å². The number of carbonyl (C=O) groups is 1. The molecule has 0 fully saturated rings. The molecular weight excluding hydrogens is 365 g/mol. The normalized spacial score (nSPS) is 11.7.